The van der Waals surface area contributed by atoms with Crippen LogP contribution < -0.4 is 5.32 Å². The van der Waals surface area contributed by atoms with Crippen molar-refractivity contribution < 1.29 is 9.59 Å². The summed E-state index contributed by atoms with van der Waals surface area (Å²) in [6.07, 6.45) is 4.89. The van der Waals surface area contributed by atoms with Gasteiger partial charge in [-0.3, -0.25) is 9.59 Å². The molecule has 2 amide bonds. The van der Waals surface area contributed by atoms with Crippen LogP contribution in [0.3, 0.4) is 0 Å². The molecule has 2 fully saturated rings. The van der Waals surface area contributed by atoms with Crippen LogP contribution in [0.4, 0.5) is 0 Å². The molecule has 4 heteroatoms. The summed E-state index contributed by atoms with van der Waals surface area (Å²) in [4.78, 5) is 26.7. The van der Waals surface area contributed by atoms with Crippen LogP contribution in [-0.2, 0) is 9.59 Å². The number of carbonyl (C=O) groups is 2. The highest BCUT2D eigenvalue weighted by atomic mass is 16.2. The number of likely N-dealkylation sites (tertiary alicyclic amines) is 1. The Morgan fingerprint density at radius 1 is 1.17 bits per heavy atom. The molecule has 1 saturated heterocycles. The van der Waals surface area contributed by atoms with Gasteiger partial charge in [0.25, 0.3) is 0 Å². The third-order valence-electron chi connectivity index (χ3n) is 5.32. The van der Waals surface area contributed by atoms with Gasteiger partial charge in [0.1, 0.15) is 0 Å². The summed E-state index contributed by atoms with van der Waals surface area (Å²) in [7, 11) is 0. The van der Waals surface area contributed by atoms with Crippen LogP contribution in [-0.4, -0.2) is 36.3 Å². The van der Waals surface area contributed by atoms with Gasteiger partial charge in [0.05, 0.1) is 5.92 Å². The smallest absolute Gasteiger partial charge is 0.225 e. The molecule has 1 N–H and O–H groups in total. The van der Waals surface area contributed by atoms with Gasteiger partial charge in [-0.1, -0.05) is 37.3 Å². The molecular formula is C20H28N2O2. The van der Waals surface area contributed by atoms with Crippen LogP contribution >= 0.6 is 0 Å². The number of carbonyl (C=O) groups excluding carboxylic acids is 2. The minimum Gasteiger partial charge on any atom is -0.355 e. The Kier molecular flexibility index (Phi) is 5.54. The molecule has 1 aliphatic carbocycles. The Morgan fingerprint density at radius 3 is 2.58 bits per heavy atom. The van der Waals surface area contributed by atoms with Gasteiger partial charge in [0, 0.05) is 31.5 Å². The normalized spacial score (nSPS) is 22.0. The maximum Gasteiger partial charge on any atom is 0.225 e. The first-order valence-electron chi connectivity index (χ1n) is 9.30. The average Bonchev–Trinajstić information content (AvgIpc) is 3.47. The van der Waals surface area contributed by atoms with Gasteiger partial charge in [0.2, 0.25) is 11.8 Å². The number of piperidine rings is 1. The molecule has 0 bridgehead atoms. The predicted molar refractivity (Wildman–Crippen MR) is 94.5 cm³/mol. The van der Waals surface area contributed by atoms with E-state index < -0.39 is 0 Å². The number of hydrogen-bond donors (Lipinski definition) is 1. The van der Waals surface area contributed by atoms with E-state index >= 15 is 0 Å². The lowest BCUT2D eigenvalue weighted by Gasteiger charge is -2.32. The average molecular weight is 328 g/mol. The molecule has 3 rings (SSSR count). The van der Waals surface area contributed by atoms with Crippen LogP contribution in [0.1, 0.15) is 50.5 Å². The molecule has 1 heterocycles. The van der Waals surface area contributed by atoms with Crippen molar-refractivity contribution in [3.8, 4) is 0 Å². The van der Waals surface area contributed by atoms with E-state index in [1.165, 1.54) is 5.56 Å². The zero-order chi connectivity index (χ0) is 16.9. The second-order valence-corrected chi connectivity index (χ2v) is 7.16. The lowest BCUT2D eigenvalue weighted by Crippen LogP contribution is -2.46. The largest absolute Gasteiger partial charge is 0.355 e. The van der Waals surface area contributed by atoms with Gasteiger partial charge in [0.15, 0.2) is 0 Å². The van der Waals surface area contributed by atoms with E-state index in [4.69, 9.17) is 0 Å². The summed E-state index contributed by atoms with van der Waals surface area (Å²) < 4.78 is 0. The second kappa shape index (κ2) is 7.82. The Balaban J connectivity index is 1.51. The van der Waals surface area contributed by atoms with E-state index in [2.05, 4.69) is 24.4 Å². The highest BCUT2D eigenvalue weighted by Crippen LogP contribution is 2.32. The van der Waals surface area contributed by atoms with Crippen molar-refractivity contribution in [3.63, 3.8) is 0 Å². The van der Waals surface area contributed by atoms with Crippen molar-refractivity contribution in [3.05, 3.63) is 35.9 Å². The van der Waals surface area contributed by atoms with Gasteiger partial charge < -0.3 is 10.2 Å². The SMILES string of the molecule is CC[C@@H](CNC(=O)[C@H]1CCCN(C(=O)C2CC2)C1)c1ccccc1. The first-order chi connectivity index (χ1) is 11.7. The molecule has 2 aliphatic rings. The highest BCUT2D eigenvalue weighted by molar-refractivity contribution is 5.83. The summed E-state index contributed by atoms with van der Waals surface area (Å²) in [5.74, 6) is 0.924. The van der Waals surface area contributed by atoms with Gasteiger partial charge in [-0.25, -0.2) is 0 Å². The molecule has 1 aromatic carbocycles. The predicted octanol–water partition coefficient (Wildman–Crippen LogP) is 2.95. The third-order valence-corrected chi connectivity index (χ3v) is 5.32. The minimum atomic E-state index is -0.0465. The van der Waals surface area contributed by atoms with Crippen molar-refractivity contribution >= 4 is 11.8 Å². The molecule has 1 aliphatic heterocycles. The lowest BCUT2D eigenvalue weighted by molar-refractivity contribution is -0.136. The topological polar surface area (TPSA) is 49.4 Å². The summed E-state index contributed by atoms with van der Waals surface area (Å²) in [6, 6.07) is 10.3. The zero-order valence-electron chi connectivity index (χ0n) is 14.5. The van der Waals surface area contributed by atoms with Crippen molar-refractivity contribution in [1.29, 1.82) is 0 Å². The van der Waals surface area contributed by atoms with Crippen LogP contribution in [0.15, 0.2) is 30.3 Å². The number of rotatable bonds is 6. The van der Waals surface area contributed by atoms with E-state index in [0.29, 0.717) is 19.0 Å². The third kappa shape index (κ3) is 4.16. The summed E-state index contributed by atoms with van der Waals surface area (Å²) in [5, 5.41) is 3.13. The number of nitrogens with zero attached hydrogens (tertiary/aromatic N) is 1. The Labute approximate surface area is 144 Å². The summed E-state index contributed by atoms with van der Waals surface area (Å²) in [5.41, 5.74) is 1.27. The monoisotopic (exact) mass is 328 g/mol. The Morgan fingerprint density at radius 2 is 1.92 bits per heavy atom. The van der Waals surface area contributed by atoms with Gasteiger partial charge in [-0.05, 0) is 37.7 Å². The molecule has 0 spiro atoms. The van der Waals surface area contributed by atoms with Crippen LogP contribution in [0.2, 0.25) is 0 Å². The Hall–Kier alpha value is -1.84. The van der Waals surface area contributed by atoms with Crippen LogP contribution in [0.5, 0.6) is 0 Å². The molecule has 2 atom stereocenters. The molecule has 1 saturated carbocycles. The van der Waals surface area contributed by atoms with E-state index in [9.17, 15) is 9.59 Å². The fourth-order valence-electron chi connectivity index (χ4n) is 3.57. The van der Waals surface area contributed by atoms with E-state index in [1.54, 1.807) is 0 Å². The molecule has 0 unspecified atom stereocenters. The summed E-state index contributed by atoms with van der Waals surface area (Å²) >= 11 is 0. The molecule has 0 radical (unpaired) electrons. The van der Waals surface area contributed by atoms with E-state index in [1.807, 2.05) is 23.1 Å². The standard InChI is InChI=1S/C20H28N2O2/c1-2-15(16-7-4-3-5-8-16)13-21-19(23)18-9-6-12-22(14-18)20(24)17-10-11-17/h3-5,7-8,15,17-18H,2,6,9-14H2,1H3,(H,21,23)/t15-,18-/m0/s1. The minimum absolute atomic E-state index is 0.0465. The van der Waals surface area contributed by atoms with Crippen molar-refractivity contribution in [1.82, 2.24) is 10.2 Å². The maximum atomic E-state index is 12.6. The van der Waals surface area contributed by atoms with E-state index in [-0.39, 0.29) is 23.7 Å². The molecule has 1 aromatic rings. The van der Waals surface area contributed by atoms with Crippen molar-refractivity contribution in [2.24, 2.45) is 11.8 Å². The second-order valence-electron chi connectivity index (χ2n) is 7.16. The zero-order valence-corrected chi connectivity index (χ0v) is 14.5. The molecule has 130 valence electrons. The Bertz CT molecular complexity index is 568. The summed E-state index contributed by atoms with van der Waals surface area (Å²) in [6.45, 7) is 4.25. The lowest BCUT2D eigenvalue weighted by atomic mass is 9.94. The van der Waals surface area contributed by atoms with Gasteiger partial charge >= 0.3 is 0 Å². The van der Waals surface area contributed by atoms with Crippen molar-refractivity contribution in [2.45, 2.75) is 44.9 Å². The number of hydrogen-bond acceptors (Lipinski definition) is 2. The first-order valence-corrected chi connectivity index (χ1v) is 9.30. The fraction of sp³-hybridized carbons (Fsp3) is 0.600. The first kappa shape index (κ1) is 17.0. The maximum absolute atomic E-state index is 12.6. The quantitative estimate of drug-likeness (QED) is 0.873. The number of amides is 2. The highest BCUT2D eigenvalue weighted by Gasteiger charge is 2.36. The van der Waals surface area contributed by atoms with Crippen LogP contribution in [0, 0.1) is 11.8 Å². The van der Waals surface area contributed by atoms with E-state index in [0.717, 1.165) is 38.6 Å². The van der Waals surface area contributed by atoms with Gasteiger partial charge in [-0.2, -0.15) is 0 Å². The molecular weight excluding hydrogens is 300 g/mol. The number of benzene rings is 1. The number of nitrogens with one attached hydrogen (secondary N) is 1. The molecule has 0 aromatic heterocycles. The van der Waals surface area contributed by atoms with Crippen molar-refractivity contribution in [2.75, 3.05) is 19.6 Å². The molecule has 24 heavy (non-hydrogen) atoms. The fourth-order valence-corrected chi connectivity index (χ4v) is 3.57. The molecule has 4 nitrogen and oxygen atoms in total. The van der Waals surface area contributed by atoms with Crippen LogP contribution in [0.25, 0.3) is 0 Å². The van der Waals surface area contributed by atoms with Gasteiger partial charge in [-0.15, -0.1) is 0 Å².